The molecule has 1 aromatic carbocycles. The van der Waals surface area contributed by atoms with E-state index in [1.54, 1.807) is 12.1 Å². The largest absolute Gasteiger partial charge is 0.478 e. The van der Waals surface area contributed by atoms with Gasteiger partial charge < -0.3 is 15.1 Å². The number of benzene rings is 1. The zero-order valence-corrected chi connectivity index (χ0v) is 9.84. The van der Waals surface area contributed by atoms with Gasteiger partial charge in [-0.05, 0) is 30.2 Å². The number of carboxylic acid groups (broad SMARTS) is 1. The Morgan fingerprint density at radius 1 is 1.35 bits per heavy atom. The third-order valence-corrected chi connectivity index (χ3v) is 3.48. The summed E-state index contributed by atoms with van der Waals surface area (Å²) in [6.45, 7) is 4.10. The van der Waals surface area contributed by atoms with E-state index in [-0.39, 0.29) is 6.61 Å². The molecular formula is C13H17NO3. The van der Waals surface area contributed by atoms with Gasteiger partial charge in [0.1, 0.15) is 0 Å². The lowest BCUT2D eigenvalue weighted by Crippen LogP contribution is -2.20. The molecule has 0 aromatic heterocycles. The number of carboxylic acids is 1. The zero-order valence-electron chi connectivity index (χ0n) is 9.84. The van der Waals surface area contributed by atoms with Crippen molar-refractivity contribution in [3.8, 4) is 0 Å². The predicted octanol–water partition coefficient (Wildman–Crippen LogP) is 1.45. The highest BCUT2D eigenvalue weighted by Crippen LogP contribution is 2.27. The fraction of sp³-hybridized carbons (Fsp3) is 0.462. The van der Waals surface area contributed by atoms with Crippen LogP contribution in [0.2, 0.25) is 0 Å². The number of aliphatic hydroxyl groups excluding tert-OH is 1. The normalized spacial score (nSPS) is 24.0. The quantitative estimate of drug-likeness (QED) is 0.832. The minimum atomic E-state index is -0.903. The third-order valence-electron chi connectivity index (χ3n) is 3.48. The average molecular weight is 235 g/mol. The summed E-state index contributed by atoms with van der Waals surface area (Å²) in [7, 11) is 0. The molecule has 1 aromatic rings. The molecule has 1 fully saturated rings. The van der Waals surface area contributed by atoms with Crippen molar-refractivity contribution in [2.24, 2.45) is 11.8 Å². The van der Waals surface area contributed by atoms with Crippen LogP contribution >= 0.6 is 0 Å². The Hall–Kier alpha value is -1.55. The van der Waals surface area contributed by atoms with Crippen LogP contribution in [0.1, 0.15) is 17.3 Å². The molecule has 4 nitrogen and oxygen atoms in total. The van der Waals surface area contributed by atoms with Crippen molar-refractivity contribution in [1.29, 1.82) is 0 Å². The molecule has 2 rings (SSSR count). The minimum absolute atomic E-state index is 0.213. The van der Waals surface area contributed by atoms with Crippen LogP contribution in [-0.2, 0) is 0 Å². The standard InChI is InChI=1S/C13H17NO3/c1-9-6-14(7-11(9)8-15)12-4-2-10(3-5-12)13(16)17/h2-5,9,11,15H,6-8H2,1H3,(H,16,17)/t9-,11-/m0/s1. The number of aromatic carboxylic acids is 1. The lowest BCUT2D eigenvalue weighted by atomic mass is 10.00. The van der Waals surface area contributed by atoms with Gasteiger partial charge in [-0.1, -0.05) is 6.92 Å². The highest BCUT2D eigenvalue weighted by molar-refractivity contribution is 5.88. The Bertz CT molecular complexity index is 402. The van der Waals surface area contributed by atoms with E-state index >= 15 is 0 Å². The first-order valence-electron chi connectivity index (χ1n) is 5.81. The average Bonchev–Trinajstić information content (AvgIpc) is 2.70. The number of hydrogen-bond donors (Lipinski definition) is 2. The molecular weight excluding hydrogens is 218 g/mol. The maximum absolute atomic E-state index is 10.7. The molecule has 1 aliphatic rings. The van der Waals surface area contributed by atoms with Crippen LogP contribution in [0.5, 0.6) is 0 Å². The van der Waals surface area contributed by atoms with Gasteiger partial charge in [0.15, 0.2) is 0 Å². The Labute approximate surface area is 100 Å². The van der Waals surface area contributed by atoms with Gasteiger partial charge in [-0.15, -0.1) is 0 Å². The Morgan fingerprint density at radius 3 is 2.47 bits per heavy atom. The molecule has 0 unspecified atom stereocenters. The number of aliphatic hydroxyl groups is 1. The fourth-order valence-electron chi connectivity index (χ4n) is 2.30. The Balaban J connectivity index is 2.11. The molecule has 0 aliphatic carbocycles. The highest BCUT2D eigenvalue weighted by atomic mass is 16.4. The molecule has 2 N–H and O–H groups in total. The molecule has 2 atom stereocenters. The molecule has 1 saturated heterocycles. The summed E-state index contributed by atoms with van der Waals surface area (Å²) in [4.78, 5) is 12.9. The minimum Gasteiger partial charge on any atom is -0.478 e. The van der Waals surface area contributed by atoms with Gasteiger partial charge in [0.25, 0.3) is 0 Å². The van der Waals surface area contributed by atoms with Gasteiger partial charge in [0.2, 0.25) is 0 Å². The van der Waals surface area contributed by atoms with Gasteiger partial charge in [0, 0.05) is 31.3 Å². The fourth-order valence-corrected chi connectivity index (χ4v) is 2.30. The zero-order chi connectivity index (χ0) is 12.4. The SMILES string of the molecule is C[C@H]1CN(c2ccc(C(=O)O)cc2)C[C@H]1CO. The topological polar surface area (TPSA) is 60.8 Å². The van der Waals surface area contributed by atoms with E-state index in [0.717, 1.165) is 18.8 Å². The van der Waals surface area contributed by atoms with Crippen LogP contribution in [0, 0.1) is 11.8 Å². The molecule has 4 heteroatoms. The summed E-state index contributed by atoms with van der Waals surface area (Å²) in [5.41, 5.74) is 1.33. The molecule has 0 radical (unpaired) electrons. The lowest BCUT2D eigenvalue weighted by Gasteiger charge is -2.18. The van der Waals surface area contributed by atoms with Gasteiger partial charge in [-0.2, -0.15) is 0 Å². The number of hydrogen-bond acceptors (Lipinski definition) is 3. The van der Waals surface area contributed by atoms with Gasteiger partial charge in [-0.3, -0.25) is 0 Å². The van der Waals surface area contributed by atoms with Gasteiger partial charge >= 0.3 is 5.97 Å². The highest BCUT2D eigenvalue weighted by Gasteiger charge is 2.28. The van der Waals surface area contributed by atoms with Crippen LogP contribution in [0.15, 0.2) is 24.3 Å². The molecule has 1 heterocycles. The summed E-state index contributed by atoms with van der Waals surface area (Å²) in [6.07, 6.45) is 0. The molecule has 0 amide bonds. The van der Waals surface area contributed by atoms with Crippen molar-refractivity contribution in [3.05, 3.63) is 29.8 Å². The van der Waals surface area contributed by atoms with Crippen LogP contribution in [0.3, 0.4) is 0 Å². The summed E-state index contributed by atoms with van der Waals surface area (Å²) >= 11 is 0. The second kappa shape index (κ2) is 4.75. The number of rotatable bonds is 3. The van der Waals surface area contributed by atoms with Crippen molar-refractivity contribution >= 4 is 11.7 Å². The van der Waals surface area contributed by atoms with E-state index in [1.165, 1.54) is 0 Å². The maximum Gasteiger partial charge on any atom is 0.335 e. The summed E-state index contributed by atoms with van der Waals surface area (Å²) in [5.74, 6) is -0.118. The first-order valence-corrected chi connectivity index (χ1v) is 5.81. The summed E-state index contributed by atoms with van der Waals surface area (Å²) in [6, 6.07) is 6.90. The molecule has 92 valence electrons. The molecule has 0 saturated carbocycles. The second-order valence-electron chi connectivity index (χ2n) is 4.68. The van der Waals surface area contributed by atoms with E-state index in [9.17, 15) is 9.90 Å². The van der Waals surface area contributed by atoms with Crippen molar-refractivity contribution in [1.82, 2.24) is 0 Å². The number of anilines is 1. The van der Waals surface area contributed by atoms with E-state index in [2.05, 4.69) is 11.8 Å². The molecule has 17 heavy (non-hydrogen) atoms. The Morgan fingerprint density at radius 2 is 2.00 bits per heavy atom. The van der Waals surface area contributed by atoms with Crippen LogP contribution in [-0.4, -0.2) is 35.9 Å². The molecule has 1 aliphatic heterocycles. The summed E-state index contributed by atoms with van der Waals surface area (Å²) in [5, 5.41) is 18.0. The van der Waals surface area contributed by atoms with Crippen molar-refractivity contribution in [3.63, 3.8) is 0 Å². The van der Waals surface area contributed by atoms with Crippen LogP contribution in [0.4, 0.5) is 5.69 Å². The van der Waals surface area contributed by atoms with Crippen molar-refractivity contribution in [2.45, 2.75) is 6.92 Å². The van der Waals surface area contributed by atoms with E-state index in [4.69, 9.17) is 5.11 Å². The first-order chi connectivity index (χ1) is 8.11. The predicted molar refractivity (Wildman–Crippen MR) is 65.4 cm³/mol. The monoisotopic (exact) mass is 235 g/mol. The smallest absolute Gasteiger partial charge is 0.335 e. The van der Waals surface area contributed by atoms with Crippen molar-refractivity contribution in [2.75, 3.05) is 24.6 Å². The third kappa shape index (κ3) is 2.42. The molecule has 0 bridgehead atoms. The number of nitrogens with zero attached hydrogens (tertiary/aromatic N) is 1. The number of carbonyl (C=O) groups is 1. The van der Waals surface area contributed by atoms with E-state index in [1.807, 2.05) is 12.1 Å². The van der Waals surface area contributed by atoms with E-state index in [0.29, 0.717) is 17.4 Å². The van der Waals surface area contributed by atoms with Crippen LogP contribution < -0.4 is 4.90 Å². The molecule has 0 spiro atoms. The lowest BCUT2D eigenvalue weighted by molar-refractivity contribution is 0.0697. The van der Waals surface area contributed by atoms with Crippen LogP contribution in [0.25, 0.3) is 0 Å². The van der Waals surface area contributed by atoms with E-state index < -0.39 is 5.97 Å². The summed E-state index contributed by atoms with van der Waals surface area (Å²) < 4.78 is 0. The first kappa shape index (κ1) is 11.9. The maximum atomic E-state index is 10.7. The van der Waals surface area contributed by atoms with Gasteiger partial charge in [0.05, 0.1) is 5.56 Å². The van der Waals surface area contributed by atoms with Crippen molar-refractivity contribution < 1.29 is 15.0 Å². The van der Waals surface area contributed by atoms with Gasteiger partial charge in [-0.25, -0.2) is 4.79 Å². The Kier molecular flexibility index (Phi) is 3.33. The second-order valence-corrected chi connectivity index (χ2v) is 4.68.